The predicted octanol–water partition coefficient (Wildman–Crippen LogP) is 2.97. The highest BCUT2D eigenvalue weighted by molar-refractivity contribution is 5.78. The average Bonchev–Trinajstić information content (AvgIpc) is 2.06. The van der Waals surface area contributed by atoms with Gasteiger partial charge in [-0.25, -0.2) is 4.39 Å². The summed E-state index contributed by atoms with van der Waals surface area (Å²) in [5.41, 5.74) is 0.520. The van der Waals surface area contributed by atoms with Crippen LogP contribution in [0.1, 0.15) is 26.3 Å². The highest BCUT2D eigenvalue weighted by atomic mass is 19.1. The van der Waals surface area contributed by atoms with E-state index in [9.17, 15) is 4.39 Å². The largest absolute Gasteiger partial charge is 0.390 e. The third-order valence-electron chi connectivity index (χ3n) is 1.40. The molecular formula is C11H14FNO. The first-order valence-electron chi connectivity index (χ1n) is 4.44. The van der Waals surface area contributed by atoms with Crippen molar-refractivity contribution in [3.63, 3.8) is 0 Å². The van der Waals surface area contributed by atoms with Crippen molar-refractivity contribution in [2.45, 2.75) is 26.4 Å². The predicted molar refractivity (Wildman–Crippen MR) is 54.8 cm³/mol. The lowest BCUT2D eigenvalue weighted by molar-refractivity contribution is 0.00199. The van der Waals surface area contributed by atoms with Crippen LogP contribution < -0.4 is 0 Å². The molecular weight excluding hydrogens is 181 g/mol. The van der Waals surface area contributed by atoms with E-state index in [1.165, 1.54) is 12.1 Å². The van der Waals surface area contributed by atoms with E-state index in [4.69, 9.17) is 4.84 Å². The van der Waals surface area contributed by atoms with E-state index in [1.807, 2.05) is 20.8 Å². The standard InChI is InChI=1S/C11H14FNO/c1-11(2,3)14-13-8-9-4-6-10(12)7-5-9/h4-8H,1-3H3. The highest BCUT2D eigenvalue weighted by Crippen LogP contribution is 2.07. The second-order valence-electron chi connectivity index (χ2n) is 3.99. The van der Waals surface area contributed by atoms with Crippen LogP contribution in [0.15, 0.2) is 29.4 Å². The number of nitrogens with zero attached hydrogens (tertiary/aromatic N) is 1. The van der Waals surface area contributed by atoms with Crippen molar-refractivity contribution in [2.75, 3.05) is 0 Å². The number of rotatable bonds is 2. The van der Waals surface area contributed by atoms with E-state index in [0.717, 1.165) is 5.56 Å². The van der Waals surface area contributed by atoms with Crippen LogP contribution in [-0.2, 0) is 4.84 Å². The summed E-state index contributed by atoms with van der Waals surface area (Å²) in [5.74, 6) is -0.251. The molecule has 1 rings (SSSR count). The Morgan fingerprint density at radius 1 is 1.21 bits per heavy atom. The maximum absolute atomic E-state index is 12.5. The summed E-state index contributed by atoms with van der Waals surface area (Å²) in [6.07, 6.45) is 1.56. The first kappa shape index (κ1) is 10.7. The van der Waals surface area contributed by atoms with Gasteiger partial charge in [0.1, 0.15) is 11.4 Å². The van der Waals surface area contributed by atoms with Crippen LogP contribution in [0.5, 0.6) is 0 Å². The van der Waals surface area contributed by atoms with Gasteiger partial charge >= 0.3 is 0 Å². The average molecular weight is 195 g/mol. The zero-order chi connectivity index (χ0) is 10.6. The molecule has 0 fully saturated rings. The van der Waals surface area contributed by atoms with Gasteiger partial charge in [-0.15, -0.1) is 0 Å². The third-order valence-corrected chi connectivity index (χ3v) is 1.40. The molecule has 0 aromatic heterocycles. The molecule has 3 heteroatoms. The number of oxime groups is 1. The molecule has 2 nitrogen and oxygen atoms in total. The van der Waals surface area contributed by atoms with Crippen molar-refractivity contribution in [1.29, 1.82) is 0 Å². The molecule has 0 saturated heterocycles. The van der Waals surface area contributed by atoms with Gasteiger partial charge in [-0.2, -0.15) is 0 Å². The van der Waals surface area contributed by atoms with Crippen molar-refractivity contribution < 1.29 is 9.23 Å². The van der Waals surface area contributed by atoms with E-state index in [1.54, 1.807) is 18.3 Å². The molecule has 0 N–H and O–H groups in total. The van der Waals surface area contributed by atoms with Crippen LogP contribution in [0.25, 0.3) is 0 Å². The topological polar surface area (TPSA) is 21.6 Å². The second kappa shape index (κ2) is 4.22. The summed E-state index contributed by atoms with van der Waals surface area (Å²) in [6, 6.07) is 6.06. The van der Waals surface area contributed by atoms with E-state index >= 15 is 0 Å². The zero-order valence-corrected chi connectivity index (χ0v) is 8.62. The lowest BCUT2D eigenvalue weighted by Crippen LogP contribution is -2.15. The van der Waals surface area contributed by atoms with Crippen LogP contribution in [0, 0.1) is 5.82 Å². The van der Waals surface area contributed by atoms with Crippen molar-refractivity contribution in [3.05, 3.63) is 35.6 Å². The summed E-state index contributed by atoms with van der Waals surface area (Å²) >= 11 is 0. The quantitative estimate of drug-likeness (QED) is 0.525. The SMILES string of the molecule is CC(C)(C)ON=Cc1ccc(F)cc1. The van der Waals surface area contributed by atoms with Gasteiger partial charge < -0.3 is 4.84 Å². The molecule has 0 spiro atoms. The summed E-state index contributed by atoms with van der Waals surface area (Å²) in [4.78, 5) is 5.14. The minimum absolute atomic E-state index is 0.251. The smallest absolute Gasteiger partial charge is 0.129 e. The molecule has 0 aliphatic rings. The first-order valence-corrected chi connectivity index (χ1v) is 4.44. The van der Waals surface area contributed by atoms with Crippen LogP contribution in [0.2, 0.25) is 0 Å². The van der Waals surface area contributed by atoms with E-state index in [2.05, 4.69) is 5.16 Å². The van der Waals surface area contributed by atoms with E-state index in [0.29, 0.717) is 0 Å². The van der Waals surface area contributed by atoms with Crippen LogP contribution in [-0.4, -0.2) is 11.8 Å². The van der Waals surface area contributed by atoms with Gasteiger partial charge in [0.25, 0.3) is 0 Å². The van der Waals surface area contributed by atoms with E-state index < -0.39 is 0 Å². The Labute approximate surface area is 83.4 Å². The fourth-order valence-electron chi connectivity index (χ4n) is 0.794. The molecule has 0 aliphatic heterocycles. The molecule has 14 heavy (non-hydrogen) atoms. The molecule has 0 unspecified atom stereocenters. The molecule has 1 aromatic carbocycles. The summed E-state index contributed by atoms with van der Waals surface area (Å²) in [7, 11) is 0. The maximum atomic E-state index is 12.5. The van der Waals surface area contributed by atoms with Gasteiger partial charge in [0.2, 0.25) is 0 Å². The minimum Gasteiger partial charge on any atom is -0.390 e. The van der Waals surface area contributed by atoms with Crippen molar-refractivity contribution >= 4 is 6.21 Å². The highest BCUT2D eigenvalue weighted by Gasteiger charge is 2.08. The number of hydrogen-bond donors (Lipinski definition) is 0. The molecule has 76 valence electrons. The van der Waals surface area contributed by atoms with Crippen LogP contribution in [0.3, 0.4) is 0 Å². The van der Waals surface area contributed by atoms with Gasteiger partial charge in [0, 0.05) is 0 Å². The Morgan fingerprint density at radius 3 is 2.29 bits per heavy atom. The minimum atomic E-state index is -0.295. The third kappa shape index (κ3) is 4.03. The first-order chi connectivity index (χ1) is 6.47. The van der Waals surface area contributed by atoms with Crippen LogP contribution in [0.4, 0.5) is 4.39 Å². The Balaban J connectivity index is 2.57. The fraction of sp³-hybridized carbons (Fsp3) is 0.364. The Morgan fingerprint density at radius 2 is 1.79 bits per heavy atom. The molecule has 0 saturated carbocycles. The summed E-state index contributed by atoms with van der Waals surface area (Å²) < 4.78 is 12.5. The second-order valence-corrected chi connectivity index (χ2v) is 3.99. The number of benzene rings is 1. The van der Waals surface area contributed by atoms with Gasteiger partial charge in [0.05, 0.1) is 6.21 Å². The zero-order valence-electron chi connectivity index (χ0n) is 8.62. The Kier molecular flexibility index (Phi) is 3.23. The molecule has 0 bridgehead atoms. The van der Waals surface area contributed by atoms with Crippen molar-refractivity contribution in [3.8, 4) is 0 Å². The van der Waals surface area contributed by atoms with Gasteiger partial charge in [-0.1, -0.05) is 17.3 Å². The van der Waals surface area contributed by atoms with Gasteiger partial charge in [0.15, 0.2) is 0 Å². The summed E-state index contributed by atoms with van der Waals surface area (Å²) in [6.45, 7) is 5.74. The number of hydrogen-bond acceptors (Lipinski definition) is 2. The van der Waals surface area contributed by atoms with Gasteiger partial charge in [-0.3, -0.25) is 0 Å². The van der Waals surface area contributed by atoms with Crippen LogP contribution >= 0.6 is 0 Å². The lowest BCUT2D eigenvalue weighted by atomic mass is 10.2. The molecule has 0 aliphatic carbocycles. The van der Waals surface area contributed by atoms with E-state index in [-0.39, 0.29) is 11.4 Å². The molecule has 0 radical (unpaired) electrons. The summed E-state index contributed by atoms with van der Waals surface area (Å²) in [5, 5.41) is 3.80. The molecule has 1 aromatic rings. The van der Waals surface area contributed by atoms with Gasteiger partial charge in [-0.05, 0) is 38.5 Å². The number of halogens is 1. The molecule has 0 atom stereocenters. The molecule has 0 heterocycles. The lowest BCUT2D eigenvalue weighted by Gasteiger charge is -2.14. The van der Waals surface area contributed by atoms with Crippen molar-refractivity contribution in [1.82, 2.24) is 0 Å². The normalized spacial score (nSPS) is 12.0. The monoisotopic (exact) mass is 195 g/mol. The Bertz CT molecular complexity index is 311. The maximum Gasteiger partial charge on any atom is 0.129 e. The molecule has 0 amide bonds. The fourth-order valence-corrected chi connectivity index (χ4v) is 0.794. The van der Waals surface area contributed by atoms with Crippen molar-refractivity contribution in [2.24, 2.45) is 5.16 Å². The Hall–Kier alpha value is -1.38.